The Morgan fingerprint density at radius 1 is 1.13 bits per heavy atom. The molecule has 1 aromatic carbocycles. The molecule has 2 N–H and O–H groups in total. The van der Waals surface area contributed by atoms with Gasteiger partial charge in [0.1, 0.15) is 22.8 Å². The molecule has 204 valence electrons. The monoisotopic (exact) mass is 558 g/mol. The molecule has 1 fully saturated rings. The molecule has 0 spiro atoms. The molecule has 0 atom stereocenters. The molecule has 3 heterocycles. The van der Waals surface area contributed by atoms with Crippen LogP contribution < -0.4 is 16.3 Å². The van der Waals surface area contributed by atoms with Crippen molar-refractivity contribution in [2.45, 2.75) is 44.7 Å². The van der Waals surface area contributed by atoms with Crippen molar-refractivity contribution in [2.75, 3.05) is 12.4 Å². The quantitative estimate of drug-likeness (QED) is 0.319. The summed E-state index contributed by atoms with van der Waals surface area (Å²) >= 11 is 5.87. The van der Waals surface area contributed by atoms with Crippen LogP contribution in [0.5, 0.6) is 0 Å². The number of aromatic nitrogens is 4. The number of carbonyl (C=O) groups excluding carboxylic acids is 1. The molecule has 1 aliphatic rings. The van der Waals surface area contributed by atoms with Gasteiger partial charge in [0.05, 0.1) is 28.0 Å². The highest BCUT2D eigenvalue weighted by Crippen LogP contribution is 2.29. The third kappa shape index (κ3) is 5.36. The zero-order valence-electron chi connectivity index (χ0n) is 21.0. The molecular weight excluding hydrogens is 533 g/mol. The van der Waals surface area contributed by atoms with Crippen LogP contribution in [0.15, 0.2) is 53.6 Å². The van der Waals surface area contributed by atoms with E-state index in [1.165, 1.54) is 21.3 Å². The molecule has 0 radical (unpaired) electrons. The Labute approximate surface area is 226 Å². The van der Waals surface area contributed by atoms with Crippen LogP contribution in [0, 0.1) is 11.7 Å². The smallest absolute Gasteiger partial charge is 0.333 e. The predicted octanol–water partition coefficient (Wildman–Crippen LogP) is 5.34. The first-order chi connectivity index (χ1) is 18.8. The van der Waals surface area contributed by atoms with Crippen molar-refractivity contribution in [3.63, 3.8) is 0 Å². The van der Waals surface area contributed by atoms with Crippen LogP contribution in [0.2, 0.25) is 5.02 Å². The van der Waals surface area contributed by atoms with Gasteiger partial charge >= 0.3 is 5.69 Å². The van der Waals surface area contributed by atoms with Crippen molar-refractivity contribution >= 4 is 34.4 Å². The van der Waals surface area contributed by atoms with E-state index in [9.17, 15) is 22.8 Å². The van der Waals surface area contributed by atoms with Crippen molar-refractivity contribution in [3.05, 3.63) is 81.4 Å². The summed E-state index contributed by atoms with van der Waals surface area (Å²) in [6.45, 7) is 0.305. The number of benzene rings is 1. The van der Waals surface area contributed by atoms with Gasteiger partial charge in [-0.15, -0.1) is 0 Å². The molecule has 0 saturated heterocycles. The third-order valence-electron chi connectivity index (χ3n) is 7.12. The number of carbonyl (C=O) groups is 1. The van der Waals surface area contributed by atoms with Crippen molar-refractivity contribution < 1.29 is 18.0 Å². The number of amides is 1. The number of para-hydroxylation sites is 1. The van der Waals surface area contributed by atoms with Crippen molar-refractivity contribution in [2.24, 2.45) is 5.92 Å². The fourth-order valence-corrected chi connectivity index (χ4v) is 5.33. The number of anilines is 1. The van der Waals surface area contributed by atoms with E-state index in [0.29, 0.717) is 49.2 Å². The molecule has 8 nitrogen and oxygen atoms in total. The SMILES string of the molecule is CNc1ccc(-n2c(=O)n(C[C@H]3CC[C@H](NC(=O)c4cc(Cl)cnc4C(F)F)CC3)c3c(F)cccc32)cn1. The number of fused-ring (bicyclic) bond motifs is 1. The zero-order valence-corrected chi connectivity index (χ0v) is 21.8. The third-order valence-corrected chi connectivity index (χ3v) is 7.33. The predicted molar refractivity (Wildman–Crippen MR) is 142 cm³/mol. The number of imidazole rings is 1. The first-order valence-corrected chi connectivity index (χ1v) is 12.9. The first kappa shape index (κ1) is 26.7. The van der Waals surface area contributed by atoms with E-state index in [1.54, 1.807) is 37.5 Å². The standard InChI is InChI=1S/C27H26ClF3N6O2/c1-32-22-10-9-18(13-33-22)37-21-4-2-3-20(29)24(21)36(27(37)39)14-15-5-7-17(8-6-15)35-26(38)19-11-16(28)12-34-23(19)25(30)31/h2-4,9-13,15,17,25H,5-8,14H2,1H3,(H,32,33)(H,35,38)/t15-,17-. The van der Waals surface area contributed by atoms with Crippen molar-refractivity contribution in [1.29, 1.82) is 0 Å². The van der Waals surface area contributed by atoms with Gasteiger partial charge < -0.3 is 10.6 Å². The van der Waals surface area contributed by atoms with E-state index in [0.717, 1.165) is 6.20 Å². The van der Waals surface area contributed by atoms with Gasteiger partial charge in [0.25, 0.3) is 12.3 Å². The Balaban J connectivity index is 1.32. The molecular formula is C27H26ClF3N6O2. The Morgan fingerprint density at radius 2 is 1.90 bits per heavy atom. The van der Waals surface area contributed by atoms with Gasteiger partial charge in [-0.2, -0.15) is 0 Å². The van der Waals surface area contributed by atoms with Crippen LogP contribution >= 0.6 is 11.6 Å². The van der Waals surface area contributed by atoms with E-state index in [4.69, 9.17) is 11.6 Å². The van der Waals surface area contributed by atoms with Crippen LogP contribution in [0.1, 0.15) is 48.2 Å². The molecule has 1 amide bonds. The Morgan fingerprint density at radius 3 is 2.56 bits per heavy atom. The number of alkyl halides is 2. The Bertz CT molecular complexity index is 1560. The minimum Gasteiger partial charge on any atom is -0.373 e. The number of hydrogen-bond donors (Lipinski definition) is 2. The molecule has 4 aromatic rings. The average Bonchev–Trinajstić information content (AvgIpc) is 3.21. The fraction of sp³-hybridized carbons (Fsp3) is 0.333. The number of nitrogens with zero attached hydrogens (tertiary/aromatic N) is 4. The van der Waals surface area contributed by atoms with Gasteiger partial charge in [0.15, 0.2) is 0 Å². The average molecular weight is 559 g/mol. The summed E-state index contributed by atoms with van der Waals surface area (Å²) in [5, 5.41) is 5.84. The lowest BCUT2D eigenvalue weighted by Crippen LogP contribution is -2.39. The molecule has 3 aromatic heterocycles. The highest BCUT2D eigenvalue weighted by atomic mass is 35.5. The molecule has 0 bridgehead atoms. The lowest BCUT2D eigenvalue weighted by Gasteiger charge is -2.29. The van der Waals surface area contributed by atoms with Gasteiger partial charge in [-0.1, -0.05) is 17.7 Å². The summed E-state index contributed by atoms with van der Waals surface area (Å²) in [6, 6.07) is 9.04. The highest BCUT2D eigenvalue weighted by molar-refractivity contribution is 6.30. The van der Waals surface area contributed by atoms with Crippen LogP contribution in [-0.2, 0) is 6.54 Å². The van der Waals surface area contributed by atoms with Crippen LogP contribution in [-0.4, -0.2) is 38.1 Å². The number of rotatable bonds is 7. The van der Waals surface area contributed by atoms with Crippen LogP contribution in [0.3, 0.4) is 0 Å². The molecule has 12 heteroatoms. The largest absolute Gasteiger partial charge is 0.373 e. The van der Waals surface area contributed by atoms with Gasteiger partial charge in [-0.25, -0.2) is 22.9 Å². The van der Waals surface area contributed by atoms with E-state index >= 15 is 0 Å². The minimum atomic E-state index is -2.91. The molecule has 0 unspecified atom stereocenters. The van der Waals surface area contributed by atoms with E-state index in [-0.39, 0.29) is 33.8 Å². The molecule has 39 heavy (non-hydrogen) atoms. The van der Waals surface area contributed by atoms with E-state index in [2.05, 4.69) is 20.6 Å². The second-order valence-electron chi connectivity index (χ2n) is 9.57. The topological polar surface area (TPSA) is 93.8 Å². The van der Waals surface area contributed by atoms with Gasteiger partial charge in [0.2, 0.25) is 0 Å². The second kappa shape index (κ2) is 11.1. The summed E-state index contributed by atoms with van der Waals surface area (Å²) in [5.41, 5.74) is -0.0182. The summed E-state index contributed by atoms with van der Waals surface area (Å²) in [5.74, 6) is -0.441. The number of nitrogens with one attached hydrogen (secondary N) is 2. The maximum Gasteiger partial charge on any atom is 0.333 e. The fourth-order valence-electron chi connectivity index (χ4n) is 5.17. The number of pyridine rings is 2. The molecule has 1 saturated carbocycles. The summed E-state index contributed by atoms with van der Waals surface area (Å²) in [6.07, 6.45) is 2.22. The Kier molecular flexibility index (Phi) is 7.60. The molecule has 5 rings (SSSR count). The maximum absolute atomic E-state index is 15.0. The highest BCUT2D eigenvalue weighted by Gasteiger charge is 2.28. The Hall–Kier alpha value is -3.86. The second-order valence-corrected chi connectivity index (χ2v) is 10.0. The lowest BCUT2D eigenvalue weighted by atomic mass is 9.85. The summed E-state index contributed by atoms with van der Waals surface area (Å²) in [4.78, 5) is 34.1. The molecule has 0 aliphatic heterocycles. The minimum absolute atomic E-state index is 0.0590. The summed E-state index contributed by atoms with van der Waals surface area (Å²) < 4.78 is 44.6. The van der Waals surface area contributed by atoms with E-state index in [1.807, 2.05) is 0 Å². The van der Waals surface area contributed by atoms with Crippen LogP contribution in [0.4, 0.5) is 19.0 Å². The van der Waals surface area contributed by atoms with E-state index < -0.39 is 23.8 Å². The lowest BCUT2D eigenvalue weighted by molar-refractivity contribution is 0.0904. The van der Waals surface area contributed by atoms with Crippen molar-refractivity contribution in [1.82, 2.24) is 24.4 Å². The normalized spacial score (nSPS) is 17.5. The first-order valence-electron chi connectivity index (χ1n) is 12.5. The molecule has 1 aliphatic carbocycles. The maximum atomic E-state index is 15.0. The van der Waals surface area contributed by atoms with Crippen LogP contribution in [0.25, 0.3) is 16.7 Å². The van der Waals surface area contributed by atoms with Crippen molar-refractivity contribution in [3.8, 4) is 5.69 Å². The van der Waals surface area contributed by atoms with Gasteiger partial charge in [-0.05, 0) is 61.9 Å². The van der Waals surface area contributed by atoms with Gasteiger partial charge in [-0.3, -0.25) is 18.9 Å². The number of hydrogen-bond acceptors (Lipinski definition) is 5. The van der Waals surface area contributed by atoms with Gasteiger partial charge in [0, 0.05) is 25.8 Å². The number of halogens is 4. The summed E-state index contributed by atoms with van der Waals surface area (Å²) in [7, 11) is 1.74. The zero-order chi connectivity index (χ0) is 27.7.